The molecule has 0 saturated carbocycles. The van der Waals surface area contributed by atoms with Crippen LogP contribution in [0.25, 0.3) is 0 Å². The summed E-state index contributed by atoms with van der Waals surface area (Å²) in [4.78, 5) is 27.2. The van der Waals surface area contributed by atoms with Gasteiger partial charge in [-0.05, 0) is 30.7 Å². The van der Waals surface area contributed by atoms with Crippen molar-refractivity contribution >= 4 is 11.8 Å². The van der Waals surface area contributed by atoms with Crippen LogP contribution in [-0.4, -0.2) is 37.0 Å². The average Bonchev–Trinajstić information content (AvgIpc) is 2.75. The molecular formula is C23H30N2O4. The number of hydrogen-bond acceptors (Lipinski definition) is 4. The fourth-order valence-electron chi connectivity index (χ4n) is 2.99. The number of carbonyl (C=O) groups is 2. The first-order chi connectivity index (χ1) is 13.9. The van der Waals surface area contributed by atoms with Gasteiger partial charge in [-0.3, -0.25) is 9.59 Å². The molecule has 2 amide bonds. The summed E-state index contributed by atoms with van der Waals surface area (Å²) < 4.78 is 10.5. The first-order valence-electron chi connectivity index (χ1n) is 9.70. The molecule has 6 nitrogen and oxygen atoms in total. The van der Waals surface area contributed by atoms with E-state index >= 15 is 0 Å². The molecule has 1 unspecified atom stereocenters. The van der Waals surface area contributed by atoms with Gasteiger partial charge in [-0.1, -0.05) is 44.2 Å². The van der Waals surface area contributed by atoms with Gasteiger partial charge in [0.25, 0.3) is 0 Å². The lowest BCUT2D eigenvalue weighted by Crippen LogP contribution is -2.48. The maximum Gasteiger partial charge on any atom is 0.242 e. The number of ether oxygens (including phenoxy) is 2. The molecule has 0 fully saturated rings. The van der Waals surface area contributed by atoms with E-state index in [-0.39, 0.29) is 17.7 Å². The zero-order chi connectivity index (χ0) is 21.4. The van der Waals surface area contributed by atoms with Crippen LogP contribution in [0.4, 0.5) is 0 Å². The summed E-state index contributed by atoms with van der Waals surface area (Å²) in [6, 6.07) is 14.4. The van der Waals surface area contributed by atoms with Gasteiger partial charge in [0.05, 0.1) is 14.2 Å². The van der Waals surface area contributed by atoms with E-state index in [1.54, 1.807) is 26.0 Å². The highest BCUT2D eigenvalue weighted by atomic mass is 16.5. The highest BCUT2D eigenvalue weighted by Gasteiger charge is 2.27. The van der Waals surface area contributed by atoms with Gasteiger partial charge in [-0.15, -0.1) is 0 Å². The minimum Gasteiger partial charge on any atom is -0.497 e. The van der Waals surface area contributed by atoms with E-state index in [9.17, 15) is 9.59 Å². The fraction of sp³-hybridized carbons (Fsp3) is 0.391. The summed E-state index contributed by atoms with van der Waals surface area (Å²) in [5.74, 6) is 0.976. The monoisotopic (exact) mass is 398 g/mol. The van der Waals surface area contributed by atoms with Crippen LogP contribution < -0.4 is 14.8 Å². The third-order valence-corrected chi connectivity index (χ3v) is 4.78. The molecule has 0 heterocycles. The number of nitrogens with zero attached hydrogens (tertiary/aromatic N) is 1. The van der Waals surface area contributed by atoms with E-state index in [4.69, 9.17) is 9.47 Å². The van der Waals surface area contributed by atoms with Crippen LogP contribution in [0.5, 0.6) is 11.5 Å². The van der Waals surface area contributed by atoms with E-state index in [1.807, 2.05) is 62.4 Å². The second-order valence-electron chi connectivity index (χ2n) is 7.17. The second-order valence-corrected chi connectivity index (χ2v) is 7.17. The molecule has 0 saturated heterocycles. The third-order valence-electron chi connectivity index (χ3n) is 4.78. The van der Waals surface area contributed by atoms with Gasteiger partial charge < -0.3 is 19.7 Å². The van der Waals surface area contributed by atoms with Crippen molar-refractivity contribution < 1.29 is 19.1 Å². The van der Waals surface area contributed by atoms with Crippen LogP contribution in [0.3, 0.4) is 0 Å². The van der Waals surface area contributed by atoms with Crippen molar-refractivity contribution in [2.75, 3.05) is 14.2 Å². The van der Waals surface area contributed by atoms with Gasteiger partial charge >= 0.3 is 0 Å². The van der Waals surface area contributed by atoms with Crippen LogP contribution in [-0.2, 0) is 22.7 Å². The number of para-hydroxylation sites is 1. The Balaban J connectivity index is 2.11. The zero-order valence-electron chi connectivity index (χ0n) is 17.8. The van der Waals surface area contributed by atoms with Crippen molar-refractivity contribution in [3.8, 4) is 11.5 Å². The largest absolute Gasteiger partial charge is 0.497 e. The summed E-state index contributed by atoms with van der Waals surface area (Å²) in [5.41, 5.74) is 1.82. The fourth-order valence-corrected chi connectivity index (χ4v) is 2.99. The molecule has 2 aromatic rings. The molecule has 2 rings (SSSR count). The Labute approximate surface area is 172 Å². The zero-order valence-corrected chi connectivity index (χ0v) is 17.8. The van der Waals surface area contributed by atoms with Crippen molar-refractivity contribution in [2.45, 2.75) is 39.9 Å². The minimum atomic E-state index is -0.610. The lowest BCUT2D eigenvalue weighted by molar-refractivity contribution is -0.143. The molecule has 1 atom stereocenters. The predicted molar refractivity (Wildman–Crippen MR) is 113 cm³/mol. The quantitative estimate of drug-likeness (QED) is 0.703. The smallest absolute Gasteiger partial charge is 0.242 e. The van der Waals surface area contributed by atoms with Gasteiger partial charge in [-0.25, -0.2) is 0 Å². The SMILES string of the molecule is COc1ccc(CN(C(=O)C(C)C)C(C)C(=O)NCc2ccccc2OC)cc1. The summed E-state index contributed by atoms with van der Waals surface area (Å²) in [6.45, 7) is 6.11. The van der Waals surface area contributed by atoms with Crippen molar-refractivity contribution in [2.24, 2.45) is 5.92 Å². The van der Waals surface area contributed by atoms with Crippen LogP contribution in [0.2, 0.25) is 0 Å². The molecule has 6 heteroatoms. The van der Waals surface area contributed by atoms with Crippen LogP contribution >= 0.6 is 0 Å². The first kappa shape index (κ1) is 22.3. The Hall–Kier alpha value is -3.02. The third kappa shape index (κ3) is 5.98. The number of methoxy groups -OCH3 is 2. The van der Waals surface area contributed by atoms with Gasteiger partial charge in [0, 0.05) is 24.6 Å². The number of hydrogen-bond donors (Lipinski definition) is 1. The Morgan fingerprint density at radius 3 is 2.21 bits per heavy atom. The van der Waals surface area contributed by atoms with Crippen LogP contribution in [0.15, 0.2) is 48.5 Å². The normalized spacial score (nSPS) is 11.7. The van der Waals surface area contributed by atoms with Gasteiger partial charge in [-0.2, -0.15) is 0 Å². The number of nitrogens with one attached hydrogen (secondary N) is 1. The van der Waals surface area contributed by atoms with E-state index in [0.29, 0.717) is 18.8 Å². The number of rotatable bonds is 9. The van der Waals surface area contributed by atoms with Crippen molar-refractivity contribution in [3.63, 3.8) is 0 Å². The van der Waals surface area contributed by atoms with Crippen LogP contribution in [0, 0.1) is 5.92 Å². The van der Waals surface area contributed by atoms with Gasteiger partial charge in [0.2, 0.25) is 11.8 Å². The molecule has 0 aliphatic rings. The Morgan fingerprint density at radius 1 is 0.966 bits per heavy atom. The summed E-state index contributed by atoms with van der Waals surface area (Å²) >= 11 is 0. The number of amides is 2. The van der Waals surface area contributed by atoms with E-state index in [2.05, 4.69) is 5.32 Å². The summed E-state index contributed by atoms with van der Waals surface area (Å²) in [7, 11) is 3.21. The standard InChI is InChI=1S/C23H30N2O4/c1-16(2)23(27)25(15-18-10-12-20(28-4)13-11-18)17(3)22(26)24-14-19-8-6-7-9-21(19)29-5/h6-13,16-17H,14-15H2,1-5H3,(H,24,26). The van der Waals surface area contributed by atoms with E-state index in [0.717, 1.165) is 16.9 Å². The Bertz CT molecular complexity index is 818. The summed E-state index contributed by atoms with van der Waals surface area (Å²) in [6.07, 6.45) is 0. The first-order valence-corrected chi connectivity index (χ1v) is 9.70. The van der Waals surface area contributed by atoms with Crippen LogP contribution in [0.1, 0.15) is 31.9 Å². The van der Waals surface area contributed by atoms with E-state index < -0.39 is 6.04 Å². The molecule has 156 valence electrons. The lowest BCUT2D eigenvalue weighted by Gasteiger charge is -2.30. The van der Waals surface area contributed by atoms with Crippen molar-refractivity contribution in [3.05, 3.63) is 59.7 Å². The summed E-state index contributed by atoms with van der Waals surface area (Å²) in [5, 5.41) is 2.92. The van der Waals surface area contributed by atoms with Crippen molar-refractivity contribution in [1.82, 2.24) is 10.2 Å². The maximum atomic E-state index is 12.8. The Morgan fingerprint density at radius 2 is 1.62 bits per heavy atom. The highest BCUT2D eigenvalue weighted by molar-refractivity contribution is 5.88. The highest BCUT2D eigenvalue weighted by Crippen LogP contribution is 2.18. The molecule has 0 aliphatic carbocycles. The van der Waals surface area contributed by atoms with Crippen molar-refractivity contribution in [1.29, 1.82) is 0 Å². The van der Waals surface area contributed by atoms with Gasteiger partial charge in [0.1, 0.15) is 17.5 Å². The molecule has 0 radical (unpaired) electrons. The molecule has 29 heavy (non-hydrogen) atoms. The minimum absolute atomic E-state index is 0.0687. The number of benzene rings is 2. The lowest BCUT2D eigenvalue weighted by atomic mass is 10.1. The molecule has 0 bridgehead atoms. The predicted octanol–water partition coefficient (Wildman–Crippen LogP) is 3.39. The molecule has 0 aromatic heterocycles. The molecule has 1 N–H and O–H groups in total. The Kier molecular flexibility index (Phi) is 8.07. The topological polar surface area (TPSA) is 67.9 Å². The molecular weight excluding hydrogens is 368 g/mol. The average molecular weight is 399 g/mol. The van der Waals surface area contributed by atoms with E-state index in [1.165, 1.54) is 0 Å². The molecule has 0 spiro atoms. The molecule has 0 aliphatic heterocycles. The maximum absolute atomic E-state index is 12.8. The number of carbonyl (C=O) groups excluding carboxylic acids is 2. The van der Waals surface area contributed by atoms with Gasteiger partial charge in [0.15, 0.2) is 0 Å². The molecule has 2 aromatic carbocycles. The second kappa shape index (κ2) is 10.5.